The topological polar surface area (TPSA) is 60.2 Å². The van der Waals surface area contributed by atoms with Gasteiger partial charge in [-0.3, -0.25) is 0 Å². The van der Waals surface area contributed by atoms with Crippen molar-refractivity contribution in [3.05, 3.63) is 46.6 Å². The van der Waals surface area contributed by atoms with Crippen LogP contribution < -0.4 is 11.1 Å². The molecule has 3 N–H and O–H groups in total. The van der Waals surface area contributed by atoms with E-state index < -0.39 is 0 Å². The van der Waals surface area contributed by atoms with Crippen LogP contribution in [-0.2, 0) is 11.3 Å². The van der Waals surface area contributed by atoms with Crippen LogP contribution in [0.2, 0.25) is 0 Å². The fourth-order valence-electron chi connectivity index (χ4n) is 1.61. The molecule has 0 aliphatic rings. The molecule has 0 saturated heterocycles. The minimum absolute atomic E-state index is 0.541. The number of hydrogen-bond acceptors (Lipinski definition) is 4. The number of ether oxygens (including phenoxy) is 1. The highest BCUT2D eigenvalue weighted by Gasteiger charge is 2.05. The molecule has 0 fully saturated rings. The van der Waals surface area contributed by atoms with Gasteiger partial charge in [0.15, 0.2) is 5.82 Å². The lowest BCUT2D eigenvalue weighted by Crippen LogP contribution is -2.02. The van der Waals surface area contributed by atoms with Crippen molar-refractivity contribution >= 4 is 33.1 Å². The van der Waals surface area contributed by atoms with Gasteiger partial charge < -0.3 is 15.8 Å². The molecular formula is C13H14BrN3O. The first-order valence-corrected chi connectivity index (χ1v) is 6.25. The number of anilines is 3. The summed E-state index contributed by atoms with van der Waals surface area (Å²) in [4.78, 5) is 4.25. The molecule has 94 valence electrons. The maximum Gasteiger partial charge on any atom is 0.153 e. The lowest BCUT2D eigenvalue weighted by Gasteiger charge is -2.12. The molecule has 0 atom stereocenters. The summed E-state index contributed by atoms with van der Waals surface area (Å²) in [6, 6.07) is 9.71. The maximum atomic E-state index is 5.91. The number of pyridine rings is 1. The largest absolute Gasteiger partial charge is 0.396 e. The second-order valence-electron chi connectivity index (χ2n) is 3.81. The number of nitrogens with two attached hydrogens (primary N) is 1. The predicted molar refractivity (Wildman–Crippen MR) is 76.8 cm³/mol. The van der Waals surface area contributed by atoms with E-state index in [1.807, 2.05) is 30.3 Å². The number of rotatable bonds is 4. The molecule has 0 aliphatic heterocycles. The van der Waals surface area contributed by atoms with Crippen molar-refractivity contribution in [2.75, 3.05) is 18.2 Å². The fraction of sp³-hybridized carbons (Fsp3) is 0.154. The standard InChI is InChI=1S/C13H14BrN3O/c1-18-8-9-4-2-3-5-12(9)17-13-11(15)6-10(14)7-16-13/h2-7H,8,15H2,1H3,(H,16,17). The van der Waals surface area contributed by atoms with Gasteiger partial charge in [0, 0.05) is 29.0 Å². The van der Waals surface area contributed by atoms with Crippen LogP contribution in [0.15, 0.2) is 41.0 Å². The molecule has 0 spiro atoms. The lowest BCUT2D eigenvalue weighted by molar-refractivity contribution is 0.185. The first-order chi connectivity index (χ1) is 8.70. The summed E-state index contributed by atoms with van der Waals surface area (Å²) in [7, 11) is 1.67. The number of benzene rings is 1. The molecule has 2 rings (SSSR count). The van der Waals surface area contributed by atoms with Crippen molar-refractivity contribution in [3.63, 3.8) is 0 Å². The van der Waals surface area contributed by atoms with E-state index in [4.69, 9.17) is 10.5 Å². The number of nitrogen functional groups attached to an aromatic ring is 1. The quantitative estimate of drug-likeness (QED) is 0.909. The minimum Gasteiger partial charge on any atom is -0.396 e. The third-order valence-electron chi connectivity index (χ3n) is 2.45. The summed E-state index contributed by atoms with van der Waals surface area (Å²) >= 11 is 3.33. The zero-order valence-corrected chi connectivity index (χ0v) is 11.6. The molecule has 0 amide bonds. The SMILES string of the molecule is COCc1ccccc1Nc1ncc(Br)cc1N. The third kappa shape index (κ3) is 3.00. The summed E-state index contributed by atoms with van der Waals surface area (Å²) in [6.07, 6.45) is 1.71. The van der Waals surface area contributed by atoms with Crippen LogP contribution in [0, 0.1) is 0 Å². The van der Waals surface area contributed by atoms with Crippen LogP contribution in [0.5, 0.6) is 0 Å². The van der Waals surface area contributed by atoms with Crippen molar-refractivity contribution in [1.29, 1.82) is 0 Å². The van der Waals surface area contributed by atoms with E-state index in [1.54, 1.807) is 13.3 Å². The Morgan fingerprint density at radius 3 is 2.89 bits per heavy atom. The van der Waals surface area contributed by atoms with E-state index in [9.17, 15) is 0 Å². The molecule has 0 bridgehead atoms. The van der Waals surface area contributed by atoms with Crippen LogP contribution in [0.4, 0.5) is 17.2 Å². The lowest BCUT2D eigenvalue weighted by atomic mass is 10.2. The molecule has 1 aromatic heterocycles. The van der Waals surface area contributed by atoms with Gasteiger partial charge in [-0.05, 0) is 28.1 Å². The van der Waals surface area contributed by atoms with Crippen LogP contribution in [0.1, 0.15) is 5.56 Å². The number of methoxy groups -OCH3 is 1. The number of hydrogen-bond donors (Lipinski definition) is 2. The van der Waals surface area contributed by atoms with Gasteiger partial charge in [-0.2, -0.15) is 0 Å². The Labute approximate surface area is 114 Å². The Morgan fingerprint density at radius 2 is 2.17 bits per heavy atom. The van der Waals surface area contributed by atoms with Gasteiger partial charge in [0.1, 0.15) is 0 Å². The van der Waals surface area contributed by atoms with Crippen molar-refractivity contribution in [2.24, 2.45) is 0 Å². The van der Waals surface area contributed by atoms with Gasteiger partial charge in [0.2, 0.25) is 0 Å². The van der Waals surface area contributed by atoms with Gasteiger partial charge in [-0.1, -0.05) is 18.2 Å². The van der Waals surface area contributed by atoms with Gasteiger partial charge in [0.25, 0.3) is 0 Å². The van der Waals surface area contributed by atoms with Crippen molar-refractivity contribution < 1.29 is 4.74 Å². The minimum atomic E-state index is 0.541. The van der Waals surface area contributed by atoms with Gasteiger partial charge >= 0.3 is 0 Å². The molecule has 0 unspecified atom stereocenters. The average molecular weight is 308 g/mol. The highest BCUT2D eigenvalue weighted by atomic mass is 79.9. The number of nitrogens with zero attached hydrogens (tertiary/aromatic N) is 1. The summed E-state index contributed by atoms with van der Waals surface area (Å²) in [5, 5.41) is 3.22. The molecule has 18 heavy (non-hydrogen) atoms. The second-order valence-corrected chi connectivity index (χ2v) is 4.72. The molecule has 1 aromatic carbocycles. The summed E-state index contributed by atoms with van der Waals surface area (Å²) in [6.45, 7) is 0.541. The van der Waals surface area contributed by atoms with Crippen LogP contribution in [0.3, 0.4) is 0 Å². The summed E-state index contributed by atoms with van der Waals surface area (Å²) < 4.78 is 6.01. The highest BCUT2D eigenvalue weighted by molar-refractivity contribution is 9.10. The molecular weight excluding hydrogens is 294 g/mol. The molecule has 0 aliphatic carbocycles. The molecule has 0 radical (unpaired) electrons. The first kappa shape index (κ1) is 12.9. The van der Waals surface area contributed by atoms with E-state index in [-0.39, 0.29) is 0 Å². The van der Waals surface area contributed by atoms with E-state index in [1.165, 1.54) is 0 Å². The highest BCUT2D eigenvalue weighted by Crippen LogP contribution is 2.25. The van der Waals surface area contributed by atoms with Crippen molar-refractivity contribution in [3.8, 4) is 0 Å². The predicted octanol–water partition coefficient (Wildman–Crippen LogP) is 3.32. The van der Waals surface area contributed by atoms with E-state index in [0.29, 0.717) is 18.1 Å². The zero-order chi connectivity index (χ0) is 13.0. The van der Waals surface area contributed by atoms with Crippen LogP contribution in [0.25, 0.3) is 0 Å². The third-order valence-corrected chi connectivity index (χ3v) is 2.89. The fourth-order valence-corrected chi connectivity index (χ4v) is 1.96. The number of halogens is 1. The Hall–Kier alpha value is -1.59. The van der Waals surface area contributed by atoms with Crippen LogP contribution >= 0.6 is 15.9 Å². The Morgan fingerprint density at radius 1 is 1.39 bits per heavy atom. The molecule has 1 heterocycles. The smallest absolute Gasteiger partial charge is 0.153 e. The van der Waals surface area contributed by atoms with Gasteiger partial charge in [-0.25, -0.2) is 4.98 Å². The summed E-state index contributed by atoms with van der Waals surface area (Å²) in [5.74, 6) is 0.641. The molecule has 0 saturated carbocycles. The van der Waals surface area contributed by atoms with Gasteiger partial charge in [-0.15, -0.1) is 0 Å². The van der Waals surface area contributed by atoms with Gasteiger partial charge in [0.05, 0.1) is 12.3 Å². The van der Waals surface area contributed by atoms with E-state index >= 15 is 0 Å². The number of aromatic nitrogens is 1. The maximum absolute atomic E-state index is 5.91. The van der Waals surface area contributed by atoms with E-state index in [2.05, 4.69) is 26.2 Å². The van der Waals surface area contributed by atoms with Crippen molar-refractivity contribution in [1.82, 2.24) is 4.98 Å². The molecule has 4 nitrogen and oxygen atoms in total. The Bertz CT molecular complexity index is 546. The number of para-hydroxylation sites is 1. The van der Waals surface area contributed by atoms with Crippen molar-refractivity contribution in [2.45, 2.75) is 6.61 Å². The zero-order valence-electron chi connectivity index (χ0n) is 9.98. The summed E-state index contributed by atoms with van der Waals surface area (Å²) in [5.41, 5.74) is 8.51. The average Bonchev–Trinajstić information content (AvgIpc) is 2.35. The Balaban J connectivity index is 2.28. The van der Waals surface area contributed by atoms with E-state index in [0.717, 1.165) is 15.7 Å². The second kappa shape index (κ2) is 5.84. The number of nitrogens with one attached hydrogen (secondary N) is 1. The monoisotopic (exact) mass is 307 g/mol. The normalized spacial score (nSPS) is 10.3. The first-order valence-electron chi connectivity index (χ1n) is 5.45. The molecule has 2 aromatic rings. The van der Waals surface area contributed by atoms with Crippen LogP contribution in [-0.4, -0.2) is 12.1 Å². The Kier molecular flexibility index (Phi) is 4.17. The molecule has 5 heteroatoms.